The number of amides is 2. The Morgan fingerprint density at radius 1 is 1.35 bits per heavy atom. The molecule has 5 N–H and O–H groups in total. The van der Waals surface area contributed by atoms with Crippen LogP contribution in [0.25, 0.3) is 0 Å². The van der Waals surface area contributed by atoms with Crippen LogP contribution in [0.3, 0.4) is 0 Å². The number of nitrogens with one attached hydrogen (secondary N) is 1. The highest BCUT2D eigenvalue weighted by atomic mass is 35.5. The lowest BCUT2D eigenvalue weighted by Crippen LogP contribution is -2.29. The van der Waals surface area contributed by atoms with Gasteiger partial charge in [0, 0.05) is 12.6 Å². The zero-order valence-electron chi connectivity index (χ0n) is 11.3. The summed E-state index contributed by atoms with van der Waals surface area (Å²) in [6, 6.07) is 6.70. The molecule has 2 amide bonds. The molecule has 112 valence electrons. The van der Waals surface area contributed by atoms with Crippen LogP contribution in [-0.2, 0) is 4.79 Å². The highest BCUT2D eigenvalue weighted by molar-refractivity contribution is 5.97. The molecule has 0 bridgehead atoms. The summed E-state index contributed by atoms with van der Waals surface area (Å²) in [7, 11) is 0. The van der Waals surface area contributed by atoms with Crippen molar-refractivity contribution in [2.75, 3.05) is 13.2 Å². The first-order chi connectivity index (χ1) is 9.00. The second-order valence-corrected chi connectivity index (χ2v) is 4.27. The SMILES string of the molecule is CC(N)CCNC(=O)c1ccccc1OCC(N)=O.Cl. The Kier molecular flexibility index (Phi) is 8.35. The van der Waals surface area contributed by atoms with Crippen LogP contribution < -0.4 is 21.5 Å². The van der Waals surface area contributed by atoms with Gasteiger partial charge < -0.3 is 21.5 Å². The lowest BCUT2D eigenvalue weighted by molar-refractivity contribution is -0.119. The summed E-state index contributed by atoms with van der Waals surface area (Å²) in [6.45, 7) is 2.10. The van der Waals surface area contributed by atoms with E-state index in [0.717, 1.165) is 0 Å². The maximum atomic E-state index is 11.9. The summed E-state index contributed by atoms with van der Waals surface area (Å²) in [6.07, 6.45) is 0.691. The maximum Gasteiger partial charge on any atom is 0.255 e. The van der Waals surface area contributed by atoms with E-state index in [2.05, 4.69) is 5.32 Å². The number of rotatable bonds is 7. The predicted octanol–water partition coefficient (Wildman–Crippen LogP) is 0.440. The molecule has 0 fully saturated rings. The van der Waals surface area contributed by atoms with Gasteiger partial charge in [0.1, 0.15) is 5.75 Å². The van der Waals surface area contributed by atoms with Gasteiger partial charge in [0.2, 0.25) is 0 Å². The molecular formula is C13H20ClN3O3. The molecule has 1 atom stereocenters. The van der Waals surface area contributed by atoms with Crippen LogP contribution in [0, 0.1) is 0 Å². The van der Waals surface area contributed by atoms with Gasteiger partial charge in [0.05, 0.1) is 5.56 Å². The van der Waals surface area contributed by atoms with Gasteiger partial charge in [-0.3, -0.25) is 9.59 Å². The van der Waals surface area contributed by atoms with Crippen molar-refractivity contribution in [3.8, 4) is 5.75 Å². The third-order valence-corrected chi connectivity index (χ3v) is 2.39. The summed E-state index contributed by atoms with van der Waals surface area (Å²) in [5, 5.41) is 2.74. The van der Waals surface area contributed by atoms with Crippen molar-refractivity contribution in [2.24, 2.45) is 11.5 Å². The van der Waals surface area contributed by atoms with Crippen LogP contribution in [0.5, 0.6) is 5.75 Å². The standard InChI is InChI=1S/C13H19N3O3.ClH/c1-9(14)6-7-16-13(18)10-4-2-3-5-11(10)19-8-12(15)17;/h2-5,9H,6-8,14H2,1H3,(H2,15,17)(H,16,18);1H. The molecule has 0 aromatic heterocycles. The highest BCUT2D eigenvalue weighted by Crippen LogP contribution is 2.17. The Morgan fingerprint density at radius 3 is 2.60 bits per heavy atom. The molecule has 0 heterocycles. The number of para-hydroxylation sites is 1. The van der Waals surface area contributed by atoms with Gasteiger partial charge in [-0.15, -0.1) is 12.4 Å². The van der Waals surface area contributed by atoms with E-state index < -0.39 is 5.91 Å². The number of halogens is 1. The normalized spacial score (nSPS) is 11.1. The second kappa shape index (κ2) is 9.17. The molecule has 6 nitrogen and oxygen atoms in total. The van der Waals surface area contributed by atoms with Gasteiger partial charge >= 0.3 is 0 Å². The monoisotopic (exact) mass is 301 g/mol. The van der Waals surface area contributed by atoms with Gasteiger partial charge in [-0.05, 0) is 25.5 Å². The summed E-state index contributed by atoms with van der Waals surface area (Å²) >= 11 is 0. The summed E-state index contributed by atoms with van der Waals surface area (Å²) in [4.78, 5) is 22.6. The molecule has 7 heteroatoms. The number of hydrogen-bond donors (Lipinski definition) is 3. The van der Waals surface area contributed by atoms with E-state index in [1.165, 1.54) is 0 Å². The molecule has 0 saturated heterocycles. The minimum atomic E-state index is -0.591. The topological polar surface area (TPSA) is 107 Å². The fourth-order valence-electron chi connectivity index (χ4n) is 1.44. The van der Waals surface area contributed by atoms with Crippen LogP contribution >= 0.6 is 12.4 Å². The van der Waals surface area contributed by atoms with Crippen molar-refractivity contribution in [1.82, 2.24) is 5.32 Å². The molecular weight excluding hydrogens is 282 g/mol. The molecule has 20 heavy (non-hydrogen) atoms. The molecule has 1 rings (SSSR count). The van der Waals surface area contributed by atoms with Crippen molar-refractivity contribution in [3.05, 3.63) is 29.8 Å². The third-order valence-electron chi connectivity index (χ3n) is 2.39. The third kappa shape index (κ3) is 6.40. The zero-order chi connectivity index (χ0) is 14.3. The van der Waals surface area contributed by atoms with Gasteiger partial charge in [-0.2, -0.15) is 0 Å². The number of carbonyl (C=O) groups excluding carboxylic acids is 2. The molecule has 0 aliphatic heterocycles. The Bertz CT molecular complexity index is 452. The van der Waals surface area contributed by atoms with Gasteiger partial charge in [-0.25, -0.2) is 0 Å². The van der Waals surface area contributed by atoms with Gasteiger partial charge in [0.15, 0.2) is 6.61 Å². The van der Waals surface area contributed by atoms with E-state index >= 15 is 0 Å². The van der Waals surface area contributed by atoms with Crippen LogP contribution in [0.2, 0.25) is 0 Å². The number of hydrogen-bond acceptors (Lipinski definition) is 4. The molecule has 0 saturated carbocycles. The van der Waals surface area contributed by atoms with E-state index in [-0.39, 0.29) is 31.0 Å². The smallest absolute Gasteiger partial charge is 0.255 e. The second-order valence-electron chi connectivity index (χ2n) is 4.27. The van der Waals surface area contributed by atoms with E-state index in [1.54, 1.807) is 24.3 Å². The summed E-state index contributed by atoms with van der Waals surface area (Å²) in [5.41, 5.74) is 11.0. The fraction of sp³-hybridized carbons (Fsp3) is 0.385. The van der Waals surface area contributed by atoms with Gasteiger partial charge in [-0.1, -0.05) is 12.1 Å². The Balaban J connectivity index is 0.00000361. The van der Waals surface area contributed by atoms with Crippen molar-refractivity contribution in [3.63, 3.8) is 0 Å². The minimum absolute atomic E-state index is 0. The highest BCUT2D eigenvalue weighted by Gasteiger charge is 2.12. The molecule has 1 aromatic carbocycles. The van der Waals surface area contributed by atoms with Crippen molar-refractivity contribution in [1.29, 1.82) is 0 Å². The Labute approximate surface area is 124 Å². The Hall–Kier alpha value is -1.79. The first-order valence-corrected chi connectivity index (χ1v) is 6.04. The van der Waals surface area contributed by atoms with E-state index in [4.69, 9.17) is 16.2 Å². The van der Waals surface area contributed by atoms with Crippen molar-refractivity contribution < 1.29 is 14.3 Å². The number of carbonyl (C=O) groups is 2. The lowest BCUT2D eigenvalue weighted by Gasteiger charge is -2.11. The Morgan fingerprint density at radius 2 is 2.00 bits per heavy atom. The average molecular weight is 302 g/mol. The van der Waals surface area contributed by atoms with Crippen LogP contribution in [0.15, 0.2) is 24.3 Å². The number of primary amides is 1. The summed E-state index contributed by atoms with van der Waals surface area (Å²) in [5.74, 6) is -0.521. The molecule has 0 spiro atoms. The zero-order valence-corrected chi connectivity index (χ0v) is 12.1. The largest absolute Gasteiger partial charge is 0.483 e. The lowest BCUT2D eigenvalue weighted by atomic mass is 10.2. The van der Waals surface area contributed by atoms with Crippen molar-refractivity contribution >= 4 is 24.2 Å². The first-order valence-electron chi connectivity index (χ1n) is 6.04. The first kappa shape index (κ1) is 18.2. The minimum Gasteiger partial charge on any atom is -0.483 e. The van der Waals surface area contributed by atoms with Crippen molar-refractivity contribution in [2.45, 2.75) is 19.4 Å². The molecule has 0 aliphatic carbocycles. The molecule has 0 aliphatic rings. The predicted molar refractivity (Wildman–Crippen MR) is 79.0 cm³/mol. The molecule has 1 aromatic rings. The van der Waals surface area contributed by atoms with E-state index in [9.17, 15) is 9.59 Å². The van der Waals surface area contributed by atoms with E-state index in [0.29, 0.717) is 24.3 Å². The van der Waals surface area contributed by atoms with Crippen LogP contribution in [-0.4, -0.2) is 31.0 Å². The van der Waals surface area contributed by atoms with Gasteiger partial charge in [0.25, 0.3) is 11.8 Å². The number of nitrogens with two attached hydrogens (primary N) is 2. The maximum absolute atomic E-state index is 11.9. The summed E-state index contributed by atoms with van der Waals surface area (Å²) < 4.78 is 5.19. The van der Waals surface area contributed by atoms with Crippen LogP contribution in [0.4, 0.5) is 0 Å². The van der Waals surface area contributed by atoms with E-state index in [1.807, 2.05) is 6.92 Å². The number of ether oxygens (including phenoxy) is 1. The average Bonchev–Trinajstić information content (AvgIpc) is 2.36. The molecule has 0 radical (unpaired) electrons. The fourth-order valence-corrected chi connectivity index (χ4v) is 1.44. The quantitative estimate of drug-likeness (QED) is 0.679. The van der Waals surface area contributed by atoms with Crippen LogP contribution in [0.1, 0.15) is 23.7 Å². The number of benzene rings is 1. The molecule has 1 unspecified atom stereocenters.